The van der Waals surface area contributed by atoms with Crippen LogP contribution in [0.15, 0.2) is 18.2 Å². The molecule has 1 aliphatic rings. The smallest absolute Gasteiger partial charge is 0.0378 e. The highest BCUT2D eigenvalue weighted by Crippen LogP contribution is 2.32. The van der Waals surface area contributed by atoms with Crippen LogP contribution in [0.4, 0.5) is 5.69 Å². The molecule has 1 aliphatic heterocycles. The summed E-state index contributed by atoms with van der Waals surface area (Å²) in [5, 5.41) is 7.12. The quantitative estimate of drug-likeness (QED) is 0.817. The fourth-order valence-electron chi connectivity index (χ4n) is 2.36. The van der Waals surface area contributed by atoms with Gasteiger partial charge >= 0.3 is 0 Å². The Labute approximate surface area is 105 Å². The van der Waals surface area contributed by atoms with Crippen LogP contribution in [0.2, 0.25) is 0 Å². The van der Waals surface area contributed by atoms with E-state index in [4.69, 9.17) is 0 Å². The molecular formula is C15H24N2. The molecular weight excluding hydrogens is 208 g/mol. The van der Waals surface area contributed by atoms with E-state index in [-0.39, 0.29) is 5.54 Å². The molecule has 0 radical (unpaired) electrons. The second kappa shape index (κ2) is 4.69. The van der Waals surface area contributed by atoms with Crippen LogP contribution in [0.1, 0.15) is 44.2 Å². The Morgan fingerprint density at radius 2 is 2.12 bits per heavy atom. The molecule has 2 N–H and O–H groups in total. The van der Waals surface area contributed by atoms with Crippen LogP contribution in [-0.2, 0) is 0 Å². The van der Waals surface area contributed by atoms with Crippen LogP contribution in [0.3, 0.4) is 0 Å². The number of hydrogen-bond donors (Lipinski definition) is 2. The Hall–Kier alpha value is -1.02. The van der Waals surface area contributed by atoms with Gasteiger partial charge < -0.3 is 10.6 Å². The molecule has 17 heavy (non-hydrogen) atoms. The molecule has 0 fully saturated rings. The molecule has 2 heteroatoms. The monoisotopic (exact) mass is 232 g/mol. The molecule has 94 valence electrons. The number of hydrogen-bond acceptors (Lipinski definition) is 2. The lowest BCUT2D eigenvalue weighted by Gasteiger charge is -2.30. The van der Waals surface area contributed by atoms with Gasteiger partial charge in [-0.15, -0.1) is 0 Å². The lowest BCUT2D eigenvalue weighted by Crippen LogP contribution is -2.39. The third kappa shape index (κ3) is 3.22. The van der Waals surface area contributed by atoms with Crippen LogP contribution >= 0.6 is 0 Å². The fourth-order valence-corrected chi connectivity index (χ4v) is 2.36. The number of anilines is 1. The Kier molecular flexibility index (Phi) is 3.43. The minimum absolute atomic E-state index is 0.204. The standard InChI is InChI=1S/C15H24N2/c1-11-5-6-13-12(10-17-15(2,3)4)7-8-16-14(13)9-11/h5-6,9,12,16-17H,7-8,10H2,1-4H3. The molecule has 1 aromatic rings. The molecule has 0 saturated heterocycles. The summed E-state index contributed by atoms with van der Waals surface area (Å²) >= 11 is 0. The van der Waals surface area contributed by atoms with E-state index < -0.39 is 0 Å². The first-order chi connectivity index (χ1) is 7.96. The van der Waals surface area contributed by atoms with Gasteiger partial charge in [0.25, 0.3) is 0 Å². The van der Waals surface area contributed by atoms with Gasteiger partial charge in [0.05, 0.1) is 0 Å². The number of benzene rings is 1. The molecule has 1 heterocycles. The molecule has 2 rings (SSSR count). The fraction of sp³-hybridized carbons (Fsp3) is 0.600. The van der Waals surface area contributed by atoms with Gasteiger partial charge in [0.1, 0.15) is 0 Å². The molecule has 0 saturated carbocycles. The molecule has 2 nitrogen and oxygen atoms in total. The van der Waals surface area contributed by atoms with Gasteiger partial charge in [0, 0.05) is 30.2 Å². The van der Waals surface area contributed by atoms with Crippen molar-refractivity contribution in [1.82, 2.24) is 5.32 Å². The predicted molar refractivity (Wildman–Crippen MR) is 74.8 cm³/mol. The summed E-state index contributed by atoms with van der Waals surface area (Å²) in [6, 6.07) is 6.76. The Bertz CT molecular complexity index is 390. The third-order valence-electron chi connectivity index (χ3n) is 3.34. The second-order valence-corrected chi connectivity index (χ2v) is 6.13. The highest BCUT2D eigenvalue weighted by molar-refractivity contribution is 5.56. The van der Waals surface area contributed by atoms with Crippen molar-refractivity contribution in [3.05, 3.63) is 29.3 Å². The van der Waals surface area contributed by atoms with Crippen molar-refractivity contribution in [2.75, 3.05) is 18.4 Å². The van der Waals surface area contributed by atoms with Crippen molar-refractivity contribution < 1.29 is 0 Å². The Balaban J connectivity index is 2.12. The number of rotatable bonds is 2. The van der Waals surface area contributed by atoms with Crippen molar-refractivity contribution in [2.24, 2.45) is 0 Å². The first-order valence-electron chi connectivity index (χ1n) is 6.55. The highest BCUT2D eigenvalue weighted by Gasteiger charge is 2.21. The maximum absolute atomic E-state index is 3.62. The first-order valence-corrected chi connectivity index (χ1v) is 6.55. The van der Waals surface area contributed by atoms with Gasteiger partial charge in [0.15, 0.2) is 0 Å². The third-order valence-corrected chi connectivity index (χ3v) is 3.34. The van der Waals surface area contributed by atoms with Crippen LogP contribution in [0.25, 0.3) is 0 Å². The molecule has 1 atom stereocenters. The summed E-state index contributed by atoms with van der Waals surface area (Å²) in [5.74, 6) is 0.645. The summed E-state index contributed by atoms with van der Waals surface area (Å²) in [6.07, 6.45) is 1.22. The maximum atomic E-state index is 3.62. The molecule has 1 aromatic carbocycles. The largest absolute Gasteiger partial charge is 0.385 e. The average molecular weight is 232 g/mol. The average Bonchev–Trinajstić information content (AvgIpc) is 2.24. The minimum Gasteiger partial charge on any atom is -0.385 e. The van der Waals surface area contributed by atoms with Crippen molar-refractivity contribution in [3.8, 4) is 0 Å². The van der Waals surface area contributed by atoms with Crippen LogP contribution in [0, 0.1) is 6.92 Å². The molecule has 0 aromatic heterocycles. The summed E-state index contributed by atoms with van der Waals surface area (Å²) in [7, 11) is 0. The van der Waals surface area contributed by atoms with Gasteiger partial charge in [0.2, 0.25) is 0 Å². The maximum Gasteiger partial charge on any atom is 0.0378 e. The Morgan fingerprint density at radius 1 is 1.35 bits per heavy atom. The van der Waals surface area contributed by atoms with E-state index in [9.17, 15) is 0 Å². The zero-order valence-electron chi connectivity index (χ0n) is 11.4. The van der Waals surface area contributed by atoms with E-state index in [1.54, 1.807) is 0 Å². The van der Waals surface area contributed by atoms with Crippen molar-refractivity contribution in [3.63, 3.8) is 0 Å². The van der Waals surface area contributed by atoms with E-state index in [0.717, 1.165) is 13.1 Å². The van der Waals surface area contributed by atoms with Gasteiger partial charge in [-0.05, 0) is 51.3 Å². The minimum atomic E-state index is 0.204. The van der Waals surface area contributed by atoms with Crippen LogP contribution < -0.4 is 10.6 Å². The lowest BCUT2D eigenvalue weighted by atomic mass is 9.89. The number of nitrogens with one attached hydrogen (secondary N) is 2. The second-order valence-electron chi connectivity index (χ2n) is 6.13. The van der Waals surface area contributed by atoms with Crippen LogP contribution in [0.5, 0.6) is 0 Å². The normalized spacial score (nSPS) is 19.6. The zero-order chi connectivity index (χ0) is 12.5. The van der Waals surface area contributed by atoms with Gasteiger partial charge in [-0.1, -0.05) is 12.1 Å². The number of aryl methyl sites for hydroxylation is 1. The summed E-state index contributed by atoms with van der Waals surface area (Å²) < 4.78 is 0. The molecule has 0 aliphatic carbocycles. The van der Waals surface area contributed by atoms with E-state index in [0.29, 0.717) is 5.92 Å². The molecule has 0 spiro atoms. The summed E-state index contributed by atoms with van der Waals surface area (Å²) in [6.45, 7) is 11.0. The van der Waals surface area contributed by atoms with Crippen molar-refractivity contribution in [1.29, 1.82) is 0 Å². The van der Waals surface area contributed by atoms with Crippen LogP contribution in [-0.4, -0.2) is 18.6 Å². The SMILES string of the molecule is Cc1ccc2c(c1)NCCC2CNC(C)(C)C. The van der Waals surface area contributed by atoms with Gasteiger partial charge in [-0.25, -0.2) is 0 Å². The summed E-state index contributed by atoms with van der Waals surface area (Å²) in [4.78, 5) is 0. The van der Waals surface area contributed by atoms with Gasteiger partial charge in [-0.2, -0.15) is 0 Å². The molecule has 1 unspecified atom stereocenters. The van der Waals surface area contributed by atoms with E-state index in [1.165, 1.54) is 23.2 Å². The molecule has 0 amide bonds. The first kappa shape index (κ1) is 12.4. The van der Waals surface area contributed by atoms with E-state index >= 15 is 0 Å². The summed E-state index contributed by atoms with van der Waals surface area (Å²) in [5.41, 5.74) is 4.34. The predicted octanol–water partition coefficient (Wildman–Crippen LogP) is 3.28. The topological polar surface area (TPSA) is 24.1 Å². The van der Waals surface area contributed by atoms with Gasteiger partial charge in [-0.3, -0.25) is 0 Å². The Morgan fingerprint density at radius 3 is 2.82 bits per heavy atom. The lowest BCUT2D eigenvalue weighted by molar-refractivity contribution is 0.399. The highest BCUT2D eigenvalue weighted by atomic mass is 15.0. The van der Waals surface area contributed by atoms with E-state index in [1.807, 2.05) is 0 Å². The van der Waals surface area contributed by atoms with E-state index in [2.05, 4.69) is 56.5 Å². The number of fused-ring (bicyclic) bond motifs is 1. The molecule has 0 bridgehead atoms. The van der Waals surface area contributed by atoms with Crippen molar-refractivity contribution in [2.45, 2.75) is 45.6 Å². The zero-order valence-corrected chi connectivity index (χ0v) is 11.4. The van der Waals surface area contributed by atoms with Crippen molar-refractivity contribution >= 4 is 5.69 Å².